The average molecular weight is 268 g/mol. The fraction of sp³-hybridized carbons (Fsp3) is 0.545. The molecule has 1 aromatic rings. The maximum atomic E-state index is 11.9. The van der Waals surface area contributed by atoms with Gasteiger partial charge in [0.2, 0.25) is 0 Å². The number of carbonyl (C=O) groups excluding carboxylic acids is 1. The number of hydrogen-bond acceptors (Lipinski definition) is 4. The second-order valence-corrected chi connectivity index (χ2v) is 4.58. The largest absolute Gasteiger partial charge is 0.480 e. The van der Waals surface area contributed by atoms with Gasteiger partial charge in [-0.25, -0.2) is 9.59 Å². The van der Waals surface area contributed by atoms with Crippen LogP contribution in [0.2, 0.25) is 0 Å². The third kappa shape index (κ3) is 3.02. The zero-order valence-electron chi connectivity index (χ0n) is 10.5. The molecule has 1 aliphatic rings. The van der Waals surface area contributed by atoms with E-state index in [1.165, 1.54) is 0 Å². The van der Waals surface area contributed by atoms with Crippen molar-refractivity contribution in [3.63, 3.8) is 0 Å². The topological polar surface area (TPSA) is 108 Å². The summed E-state index contributed by atoms with van der Waals surface area (Å²) in [5, 5.41) is 25.0. The van der Waals surface area contributed by atoms with Gasteiger partial charge in [0.05, 0.1) is 12.3 Å². The quantitative estimate of drug-likeness (QED) is 0.662. The molecule has 0 bridgehead atoms. The average Bonchev–Trinajstić information content (AvgIpc) is 2.92. The van der Waals surface area contributed by atoms with E-state index in [9.17, 15) is 14.7 Å². The molecule has 0 saturated carbocycles. The summed E-state index contributed by atoms with van der Waals surface area (Å²) in [6.07, 6.45) is 2.65. The molecular weight excluding hydrogens is 252 g/mol. The molecule has 2 amide bonds. The van der Waals surface area contributed by atoms with E-state index >= 15 is 0 Å². The third-order valence-corrected chi connectivity index (χ3v) is 3.03. The first-order valence-corrected chi connectivity index (χ1v) is 5.90. The van der Waals surface area contributed by atoms with Crippen molar-refractivity contribution in [1.82, 2.24) is 20.0 Å². The highest BCUT2D eigenvalue weighted by Gasteiger charge is 2.38. The second-order valence-electron chi connectivity index (χ2n) is 4.58. The minimum absolute atomic E-state index is 0.0375. The molecule has 0 aromatic carbocycles. The Morgan fingerprint density at radius 2 is 2.32 bits per heavy atom. The van der Waals surface area contributed by atoms with E-state index in [1.54, 1.807) is 24.1 Å². The van der Waals surface area contributed by atoms with E-state index in [1.807, 2.05) is 0 Å². The van der Waals surface area contributed by atoms with Gasteiger partial charge in [0, 0.05) is 38.3 Å². The minimum atomic E-state index is -1.10. The number of aliphatic hydroxyl groups is 1. The van der Waals surface area contributed by atoms with Crippen LogP contribution >= 0.6 is 0 Å². The summed E-state index contributed by atoms with van der Waals surface area (Å²) < 4.78 is 1.61. The Kier molecular flexibility index (Phi) is 3.70. The Balaban J connectivity index is 1.93. The SMILES string of the molecule is Cn1cc(CNC(=O)N2CC(O)C[C@H]2C(=O)O)cn1. The van der Waals surface area contributed by atoms with Crippen LogP contribution < -0.4 is 5.32 Å². The van der Waals surface area contributed by atoms with Gasteiger partial charge in [0.25, 0.3) is 0 Å². The lowest BCUT2D eigenvalue weighted by atomic mass is 10.2. The van der Waals surface area contributed by atoms with Crippen molar-refractivity contribution in [1.29, 1.82) is 0 Å². The first-order chi connectivity index (χ1) is 8.97. The number of rotatable bonds is 3. The smallest absolute Gasteiger partial charge is 0.326 e. The van der Waals surface area contributed by atoms with E-state index < -0.39 is 24.1 Å². The fourth-order valence-electron chi connectivity index (χ4n) is 2.11. The Hall–Kier alpha value is -2.09. The predicted molar refractivity (Wildman–Crippen MR) is 64.2 cm³/mol. The van der Waals surface area contributed by atoms with Crippen molar-refractivity contribution >= 4 is 12.0 Å². The number of carboxylic acid groups (broad SMARTS) is 1. The molecule has 104 valence electrons. The summed E-state index contributed by atoms with van der Waals surface area (Å²) in [5.74, 6) is -1.10. The third-order valence-electron chi connectivity index (χ3n) is 3.03. The molecule has 2 atom stereocenters. The highest BCUT2D eigenvalue weighted by molar-refractivity contribution is 5.83. The summed E-state index contributed by atoms with van der Waals surface area (Å²) in [5.41, 5.74) is 0.822. The number of hydrogen-bond donors (Lipinski definition) is 3. The standard InChI is InChI=1S/C11H16N4O4/c1-14-5-7(4-13-14)3-12-11(19)15-6-8(16)2-9(15)10(17)18/h4-5,8-9,16H,2-3,6H2,1H3,(H,12,19)(H,17,18)/t8?,9-/m0/s1. The highest BCUT2D eigenvalue weighted by atomic mass is 16.4. The van der Waals surface area contributed by atoms with E-state index in [2.05, 4.69) is 10.4 Å². The van der Waals surface area contributed by atoms with Crippen molar-refractivity contribution in [2.45, 2.75) is 25.1 Å². The summed E-state index contributed by atoms with van der Waals surface area (Å²) >= 11 is 0. The molecule has 0 spiro atoms. The summed E-state index contributed by atoms with van der Waals surface area (Å²) in [6.45, 7) is 0.307. The van der Waals surface area contributed by atoms with Crippen molar-refractivity contribution in [3.8, 4) is 0 Å². The van der Waals surface area contributed by atoms with Crippen LogP contribution in [0.3, 0.4) is 0 Å². The normalized spacial score (nSPS) is 22.5. The molecule has 3 N–H and O–H groups in total. The number of aryl methyl sites for hydroxylation is 1. The number of aromatic nitrogens is 2. The van der Waals surface area contributed by atoms with Crippen LogP contribution in [0.15, 0.2) is 12.4 Å². The molecule has 0 aliphatic carbocycles. The van der Waals surface area contributed by atoms with Crippen LogP contribution in [0.25, 0.3) is 0 Å². The fourth-order valence-corrected chi connectivity index (χ4v) is 2.11. The van der Waals surface area contributed by atoms with E-state index in [0.29, 0.717) is 0 Å². The molecule has 1 aliphatic heterocycles. The van der Waals surface area contributed by atoms with Crippen LogP contribution in [0.4, 0.5) is 4.79 Å². The molecule has 19 heavy (non-hydrogen) atoms. The predicted octanol–water partition coefficient (Wildman–Crippen LogP) is -0.850. The molecule has 2 heterocycles. The zero-order valence-corrected chi connectivity index (χ0v) is 10.5. The van der Waals surface area contributed by atoms with Gasteiger partial charge in [0.1, 0.15) is 6.04 Å². The van der Waals surface area contributed by atoms with Gasteiger partial charge in [-0.1, -0.05) is 0 Å². The molecule has 2 rings (SSSR count). The number of amides is 2. The molecule has 8 nitrogen and oxygen atoms in total. The number of nitrogens with zero attached hydrogens (tertiary/aromatic N) is 3. The summed E-state index contributed by atoms with van der Waals surface area (Å²) in [7, 11) is 1.77. The second kappa shape index (κ2) is 5.27. The minimum Gasteiger partial charge on any atom is -0.480 e. The van der Waals surface area contributed by atoms with E-state index in [-0.39, 0.29) is 19.5 Å². The van der Waals surface area contributed by atoms with Gasteiger partial charge in [0.15, 0.2) is 0 Å². The van der Waals surface area contributed by atoms with Crippen LogP contribution in [-0.4, -0.2) is 55.6 Å². The maximum absolute atomic E-state index is 11.9. The lowest BCUT2D eigenvalue weighted by Gasteiger charge is -2.21. The van der Waals surface area contributed by atoms with Gasteiger partial charge in [-0.15, -0.1) is 0 Å². The zero-order chi connectivity index (χ0) is 14.0. The molecule has 1 saturated heterocycles. The van der Waals surface area contributed by atoms with Crippen molar-refractivity contribution in [2.75, 3.05) is 6.54 Å². The van der Waals surface area contributed by atoms with Crippen molar-refractivity contribution in [3.05, 3.63) is 18.0 Å². The Bertz CT molecular complexity index is 487. The van der Waals surface area contributed by atoms with Crippen molar-refractivity contribution in [2.24, 2.45) is 7.05 Å². The van der Waals surface area contributed by atoms with Crippen molar-refractivity contribution < 1.29 is 19.8 Å². The maximum Gasteiger partial charge on any atom is 0.326 e. The highest BCUT2D eigenvalue weighted by Crippen LogP contribution is 2.18. The molecule has 0 radical (unpaired) electrons. The van der Waals surface area contributed by atoms with E-state index in [4.69, 9.17) is 5.11 Å². The van der Waals surface area contributed by atoms with Crippen LogP contribution in [-0.2, 0) is 18.4 Å². The molecular formula is C11H16N4O4. The number of aliphatic carboxylic acids is 1. The Morgan fingerprint density at radius 1 is 1.58 bits per heavy atom. The molecule has 1 fully saturated rings. The number of urea groups is 1. The molecule has 1 aromatic heterocycles. The van der Waals surface area contributed by atoms with E-state index in [0.717, 1.165) is 10.5 Å². The summed E-state index contributed by atoms with van der Waals surface area (Å²) in [6, 6.07) is -1.46. The van der Waals surface area contributed by atoms with Crippen LogP contribution in [0.5, 0.6) is 0 Å². The Morgan fingerprint density at radius 3 is 2.89 bits per heavy atom. The van der Waals surface area contributed by atoms with Crippen LogP contribution in [0.1, 0.15) is 12.0 Å². The first-order valence-electron chi connectivity index (χ1n) is 5.90. The number of aliphatic hydroxyl groups excluding tert-OH is 1. The van der Waals surface area contributed by atoms with Gasteiger partial charge < -0.3 is 20.4 Å². The van der Waals surface area contributed by atoms with Gasteiger partial charge in [-0.3, -0.25) is 4.68 Å². The first kappa shape index (κ1) is 13.3. The molecule has 1 unspecified atom stereocenters. The van der Waals surface area contributed by atoms with Gasteiger partial charge >= 0.3 is 12.0 Å². The lowest BCUT2D eigenvalue weighted by molar-refractivity contribution is -0.141. The molecule has 8 heteroatoms. The number of carboxylic acids is 1. The lowest BCUT2D eigenvalue weighted by Crippen LogP contribution is -2.45. The number of carbonyl (C=O) groups is 2. The van der Waals surface area contributed by atoms with Gasteiger partial charge in [-0.05, 0) is 0 Å². The number of likely N-dealkylation sites (tertiary alicyclic amines) is 1. The summed E-state index contributed by atoms with van der Waals surface area (Å²) in [4.78, 5) is 24.0. The van der Waals surface area contributed by atoms with Gasteiger partial charge in [-0.2, -0.15) is 5.10 Å². The number of β-amino-alcohol motifs (C(OH)–C–C–N with tert-alkyl or cyclic N) is 1. The van der Waals surface area contributed by atoms with Crippen LogP contribution in [0, 0.1) is 0 Å². The monoisotopic (exact) mass is 268 g/mol. The number of nitrogens with one attached hydrogen (secondary N) is 1. The Labute approximate surface area is 109 Å².